The summed E-state index contributed by atoms with van der Waals surface area (Å²) in [4.78, 5) is 7.10. The van der Waals surface area contributed by atoms with E-state index in [2.05, 4.69) is 55.2 Å². The molecule has 1 spiro atoms. The first-order valence-corrected chi connectivity index (χ1v) is 9.33. The molecule has 1 aliphatic heterocycles. The van der Waals surface area contributed by atoms with Crippen LogP contribution in [0, 0.1) is 5.41 Å². The van der Waals surface area contributed by atoms with Crippen LogP contribution in [-0.4, -0.2) is 27.7 Å². The van der Waals surface area contributed by atoms with Crippen molar-refractivity contribution in [1.82, 2.24) is 14.6 Å². The Balaban J connectivity index is 1.39. The standard InChI is InChI=1S/C19H19BrN4/c20-17-13-21-18(16-5-8-22-24(16)17)23-9-6-19(7-10-23)11-14-3-1-2-4-15(14)12-19/h1-5,8,13H,6-7,9-12H2. The number of aromatic nitrogens is 3. The van der Waals surface area contributed by atoms with Gasteiger partial charge in [-0.3, -0.25) is 0 Å². The zero-order chi connectivity index (χ0) is 16.1. The molecule has 0 atom stereocenters. The second-order valence-electron chi connectivity index (χ2n) is 7.14. The van der Waals surface area contributed by atoms with Gasteiger partial charge in [-0.25, -0.2) is 9.50 Å². The molecular weight excluding hydrogens is 364 g/mol. The molecule has 3 aromatic rings. The van der Waals surface area contributed by atoms with Crippen molar-refractivity contribution in [2.75, 3.05) is 18.0 Å². The van der Waals surface area contributed by atoms with E-state index in [1.807, 2.05) is 23.0 Å². The number of hydrogen-bond acceptors (Lipinski definition) is 3. The Morgan fingerprint density at radius 1 is 1.00 bits per heavy atom. The molecule has 0 N–H and O–H groups in total. The molecule has 1 aromatic carbocycles. The number of halogens is 1. The lowest BCUT2D eigenvalue weighted by Crippen LogP contribution is -2.41. The molecule has 5 rings (SSSR count). The molecular formula is C19H19BrN4. The van der Waals surface area contributed by atoms with Gasteiger partial charge in [0.05, 0.1) is 12.4 Å². The second kappa shape index (κ2) is 5.31. The predicted molar refractivity (Wildman–Crippen MR) is 98.4 cm³/mol. The normalized spacial score (nSPS) is 19.1. The van der Waals surface area contributed by atoms with Crippen molar-refractivity contribution in [1.29, 1.82) is 0 Å². The quantitative estimate of drug-likeness (QED) is 0.640. The summed E-state index contributed by atoms with van der Waals surface area (Å²) in [6.07, 6.45) is 8.65. The number of nitrogens with zero attached hydrogens (tertiary/aromatic N) is 4. The summed E-state index contributed by atoms with van der Waals surface area (Å²) in [5, 5.41) is 4.37. The van der Waals surface area contributed by atoms with Gasteiger partial charge in [-0.2, -0.15) is 5.10 Å². The van der Waals surface area contributed by atoms with Crippen molar-refractivity contribution in [2.45, 2.75) is 25.7 Å². The highest BCUT2D eigenvalue weighted by molar-refractivity contribution is 9.10. The number of rotatable bonds is 1. The van der Waals surface area contributed by atoms with Crippen LogP contribution < -0.4 is 4.90 Å². The molecule has 4 nitrogen and oxygen atoms in total. The van der Waals surface area contributed by atoms with Crippen LogP contribution >= 0.6 is 15.9 Å². The molecule has 0 bridgehead atoms. The van der Waals surface area contributed by atoms with Crippen LogP contribution in [-0.2, 0) is 12.8 Å². The van der Waals surface area contributed by atoms with Crippen LogP contribution in [0.3, 0.4) is 0 Å². The first-order chi connectivity index (χ1) is 11.7. The maximum atomic E-state index is 4.68. The van der Waals surface area contributed by atoms with Crippen molar-refractivity contribution >= 4 is 27.3 Å². The van der Waals surface area contributed by atoms with Gasteiger partial charge in [0.15, 0.2) is 5.82 Å². The molecule has 122 valence electrons. The van der Waals surface area contributed by atoms with Gasteiger partial charge in [-0.15, -0.1) is 0 Å². The smallest absolute Gasteiger partial charge is 0.154 e. The predicted octanol–water partition coefficient (Wildman–Crippen LogP) is 3.88. The summed E-state index contributed by atoms with van der Waals surface area (Å²) >= 11 is 3.52. The molecule has 0 saturated carbocycles. The summed E-state index contributed by atoms with van der Waals surface area (Å²) in [5.41, 5.74) is 4.67. The maximum absolute atomic E-state index is 4.68. The minimum atomic E-state index is 0.464. The van der Waals surface area contributed by atoms with Crippen LogP contribution in [0.25, 0.3) is 5.52 Å². The van der Waals surface area contributed by atoms with Crippen LogP contribution in [0.4, 0.5) is 5.82 Å². The lowest BCUT2D eigenvalue weighted by molar-refractivity contribution is 0.232. The molecule has 0 radical (unpaired) electrons. The van der Waals surface area contributed by atoms with Gasteiger partial charge in [0.2, 0.25) is 0 Å². The Hall–Kier alpha value is -1.88. The molecule has 0 unspecified atom stereocenters. The Kier molecular flexibility index (Phi) is 3.20. The average molecular weight is 383 g/mol. The SMILES string of the molecule is Brc1cnc(N2CCC3(CC2)Cc2ccccc2C3)c2ccnn12. The Bertz CT molecular complexity index is 882. The Labute approximate surface area is 149 Å². The first-order valence-electron chi connectivity index (χ1n) is 8.54. The Morgan fingerprint density at radius 2 is 1.71 bits per heavy atom. The van der Waals surface area contributed by atoms with E-state index in [-0.39, 0.29) is 0 Å². The minimum absolute atomic E-state index is 0.464. The molecule has 2 aliphatic rings. The third kappa shape index (κ3) is 2.18. The van der Waals surface area contributed by atoms with Crippen molar-refractivity contribution in [3.8, 4) is 0 Å². The first kappa shape index (κ1) is 14.5. The van der Waals surface area contributed by atoms with Gasteiger partial charge in [-0.1, -0.05) is 24.3 Å². The molecule has 0 amide bonds. The van der Waals surface area contributed by atoms with E-state index < -0.39 is 0 Å². The summed E-state index contributed by atoms with van der Waals surface area (Å²) in [6, 6.07) is 11.0. The summed E-state index contributed by atoms with van der Waals surface area (Å²) in [7, 11) is 0. The van der Waals surface area contributed by atoms with Gasteiger partial charge in [0, 0.05) is 13.1 Å². The fourth-order valence-electron chi connectivity index (χ4n) is 4.44. The van der Waals surface area contributed by atoms with E-state index in [1.54, 1.807) is 11.1 Å². The average Bonchev–Trinajstić information content (AvgIpc) is 3.21. The van der Waals surface area contributed by atoms with Crippen molar-refractivity contribution in [3.05, 3.63) is 58.5 Å². The lowest BCUT2D eigenvalue weighted by Gasteiger charge is -2.40. The third-order valence-electron chi connectivity index (χ3n) is 5.74. The molecule has 3 heterocycles. The van der Waals surface area contributed by atoms with E-state index in [9.17, 15) is 0 Å². The van der Waals surface area contributed by atoms with Crippen LogP contribution in [0.2, 0.25) is 0 Å². The molecule has 2 aromatic heterocycles. The van der Waals surface area contributed by atoms with Crippen molar-refractivity contribution in [3.63, 3.8) is 0 Å². The van der Waals surface area contributed by atoms with Gasteiger partial charge < -0.3 is 4.90 Å². The van der Waals surface area contributed by atoms with Crippen LogP contribution in [0.1, 0.15) is 24.0 Å². The fraction of sp³-hybridized carbons (Fsp3) is 0.368. The third-order valence-corrected chi connectivity index (χ3v) is 6.28. The monoisotopic (exact) mass is 382 g/mol. The topological polar surface area (TPSA) is 33.4 Å². The van der Waals surface area contributed by atoms with E-state index >= 15 is 0 Å². The van der Waals surface area contributed by atoms with Gasteiger partial charge >= 0.3 is 0 Å². The number of fused-ring (bicyclic) bond motifs is 2. The molecule has 1 fully saturated rings. The van der Waals surface area contributed by atoms with E-state index in [4.69, 9.17) is 0 Å². The van der Waals surface area contributed by atoms with Crippen molar-refractivity contribution in [2.24, 2.45) is 5.41 Å². The fourth-order valence-corrected chi connectivity index (χ4v) is 4.83. The van der Waals surface area contributed by atoms with Gasteiger partial charge in [-0.05, 0) is 64.2 Å². The highest BCUT2D eigenvalue weighted by atomic mass is 79.9. The Morgan fingerprint density at radius 3 is 2.42 bits per heavy atom. The lowest BCUT2D eigenvalue weighted by atomic mass is 9.76. The van der Waals surface area contributed by atoms with Crippen LogP contribution in [0.5, 0.6) is 0 Å². The molecule has 1 aliphatic carbocycles. The van der Waals surface area contributed by atoms with Crippen molar-refractivity contribution < 1.29 is 0 Å². The zero-order valence-electron chi connectivity index (χ0n) is 13.5. The second-order valence-corrected chi connectivity index (χ2v) is 7.95. The highest BCUT2D eigenvalue weighted by Crippen LogP contribution is 2.45. The summed E-state index contributed by atoms with van der Waals surface area (Å²) in [5.74, 6) is 1.06. The molecule has 5 heteroatoms. The highest BCUT2D eigenvalue weighted by Gasteiger charge is 2.40. The zero-order valence-corrected chi connectivity index (χ0v) is 15.0. The van der Waals surface area contributed by atoms with Gasteiger partial charge in [0.25, 0.3) is 0 Å². The van der Waals surface area contributed by atoms with E-state index in [0.29, 0.717) is 5.41 Å². The number of benzene rings is 1. The largest absolute Gasteiger partial charge is 0.355 e. The van der Waals surface area contributed by atoms with Gasteiger partial charge in [0.1, 0.15) is 10.1 Å². The van der Waals surface area contributed by atoms with E-state index in [0.717, 1.165) is 29.0 Å². The summed E-state index contributed by atoms with van der Waals surface area (Å²) < 4.78 is 2.81. The van der Waals surface area contributed by atoms with E-state index in [1.165, 1.54) is 25.7 Å². The number of anilines is 1. The number of piperidine rings is 1. The maximum Gasteiger partial charge on any atom is 0.154 e. The summed E-state index contributed by atoms with van der Waals surface area (Å²) in [6.45, 7) is 2.15. The van der Waals surface area contributed by atoms with Crippen LogP contribution in [0.15, 0.2) is 47.3 Å². The molecule has 24 heavy (non-hydrogen) atoms. The molecule has 1 saturated heterocycles. The minimum Gasteiger partial charge on any atom is -0.355 e. The number of hydrogen-bond donors (Lipinski definition) is 0.